The van der Waals surface area contributed by atoms with Crippen molar-refractivity contribution in [3.63, 3.8) is 0 Å². The Balaban J connectivity index is 2.98. The molecule has 90 valence electrons. The lowest BCUT2D eigenvalue weighted by Gasteiger charge is -2.15. The van der Waals surface area contributed by atoms with Crippen LogP contribution in [0.3, 0.4) is 0 Å². The van der Waals surface area contributed by atoms with Crippen molar-refractivity contribution in [2.24, 2.45) is 0 Å². The number of aromatic nitrogens is 1. The number of pyridine rings is 1. The van der Waals surface area contributed by atoms with Gasteiger partial charge in [0, 0.05) is 11.8 Å². The first kappa shape index (κ1) is 13.0. The number of hydrogen-bond donors (Lipinski definition) is 2. The summed E-state index contributed by atoms with van der Waals surface area (Å²) < 4.78 is 17.4. The normalized spacial score (nSPS) is 13.6. The van der Waals surface area contributed by atoms with Gasteiger partial charge in [0.05, 0.1) is 7.11 Å². The van der Waals surface area contributed by atoms with Crippen molar-refractivity contribution < 1.29 is 24.1 Å². The van der Waals surface area contributed by atoms with Crippen LogP contribution in [-0.4, -0.2) is 34.4 Å². The molecule has 0 fully saturated rings. The average Bonchev–Trinajstić information content (AvgIpc) is 2.35. The van der Waals surface area contributed by atoms with Gasteiger partial charge in [-0.05, 0) is 6.07 Å². The lowest BCUT2D eigenvalue weighted by molar-refractivity contribution is -0.156. The van der Waals surface area contributed by atoms with Crippen molar-refractivity contribution in [3.05, 3.63) is 29.3 Å². The van der Waals surface area contributed by atoms with Gasteiger partial charge in [0.1, 0.15) is 12.2 Å². The second-order valence-corrected chi connectivity index (χ2v) is 3.12. The van der Waals surface area contributed by atoms with Crippen molar-refractivity contribution in [2.45, 2.75) is 12.2 Å². The summed E-state index contributed by atoms with van der Waals surface area (Å²) in [6, 6.07) is 2.32. The molecule has 0 bridgehead atoms. The molecule has 0 saturated carbocycles. The van der Waals surface area contributed by atoms with E-state index in [0.29, 0.717) is 0 Å². The smallest absolute Gasteiger partial charge is 0.337 e. The van der Waals surface area contributed by atoms with Crippen LogP contribution in [0.5, 0.6) is 0 Å². The number of ether oxygens (including phenoxy) is 1. The summed E-state index contributed by atoms with van der Waals surface area (Å²) >= 11 is 0. The number of carbonyl (C=O) groups is 1. The molecular formula is C10H9FN2O4. The number of hydrogen-bond acceptors (Lipinski definition) is 6. The Hall–Kier alpha value is -2.04. The van der Waals surface area contributed by atoms with Gasteiger partial charge in [0.2, 0.25) is 0 Å². The number of halogens is 1. The van der Waals surface area contributed by atoms with E-state index in [-0.39, 0.29) is 5.56 Å². The highest BCUT2D eigenvalue weighted by molar-refractivity contribution is 5.75. The van der Waals surface area contributed by atoms with E-state index < -0.39 is 29.7 Å². The SMILES string of the molecule is COC(=O)C(O)C(O)c1cnc(C#N)c(F)c1. The van der Waals surface area contributed by atoms with Gasteiger partial charge in [-0.2, -0.15) is 5.26 Å². The van der Waals surface area contributed by atoms with E-state index in [2.05, 4.69) is 9.72 Å². The zero-order chi connectivity index (χ0) is 13.0. The topological polar surface area (TPSA) is 103 Å². The first-order valence-corrected chi connectivity index (χ1v) is 4.50. The molecule has 0 radical (unpaired) electrons. The highest BCUT2D eigenvalue weighted by Crippen LogP contribution is 2.18. The standard InChI is InChI=1S/C10H9FN2O4/c1-17-10(16)9(15)8(14)5-2-6(11)7(3-12)13-4-5/h2,4,8-9,14-15H,1H3. The van der Waals surface area contributed by atoms with E-state index in [1.165, 1.54) is 6.07 Å². The maximum atomic E-state index is 13.2. The molecule has 0 aliphatic rings. The van der Waals surface area contributed by atoms with Crippen molar-refractivity contribution in [1.82, 2.24) is 4.98 Å². The number of esters is 1. The Kier molecular flexibility index (Phi) is 4.09. The third-order valence-corrected chi connectivity index (χ3v) is 2.05. The van der Waals surface area contributed by atoms with Crippen LogP contribution in [0.4, 0.5) is 4.39 Å². The predicted molar refractivity (Wildman–Crippen MR) is 51.9 cm³/mol. The lowest BCUT2D eigenvalue weighted by Crippen LogP contribution is -2.29. The fourth-order valence-corrected chi connectivity index (χ4v) is 1.13. The Bertz CT molecular complexity index is 472. The zero-order valence-corrected chi connectivity index (χ0v) is 8.79. The maximum absolute atomic E-state index is 13.2. The van der Waals surface area contributed by atoms with Gasteiger partial charge in [0.25, 0.3) is 0 Å². The molecule has 0 spiro atoms. The highest BCUT2D eigenvalue weighted by Gasteiger charge is 2.27. The van der Waals surface area contributed by atoms with E-state index in [4.69, 9.17) is 5.26 Å². The van der Waals surface area contributed by atoms with Gasteiger partial charge in [-0.1, -0.05) is 0 Å². The second kappa shape index (κ2) is 5.34. The minimum absolute atomic E-state index is 0.126. The molecule has 1 heterocycles. The Morgan fingerprint density at radius 1 is 1.65 bits per heavy atom. The minimum atomic E-state index is -1.84. The number of nitriles is 1. The second-order valence-electron chi connectivity index (χ2n) is 3.12. The Morgan fingerprint density at radius 3 is 2.76 bits per heavy atom. The zero-order valence-electron chi connectivity index (χ0n) is 8.79. The lowest BCUT2D eigenvalue weighted by atomic mass is 10.1. The van der Waals surface area contributed by atoms with Gasteiger partial charge in [-0.15, -0.1) is 0 Å². The molecular weight excluding hydrogens is 231 g/mol. The third kappa shape index (κ3) is 2.75. The monoisotopic (exact) mass is 240 g/mol. The van der Waals surface area contributed by atoms with Gasteiger partial charge in [-0.3, -0.25) is 0 Å². The molecule has 0 amide bonds. The molecule has 6 nitrogen and oxygen atoms in total. The van der Waals surface area contributed by atoms with Crippen LogP contribution in [0, 0.1) is 17.1 Å². The predicted octanol–water partition coefficient (Wildman–Crippen LogP) is -0.340. The summed E-state index contributed by atoms with van der Waals surface area (Å²) in [5.41, 5.74) is -0.562. The van der Waals surface area contributed by atoms with Crippen LogP contribution < -0.4 is 0 Å². The molecule has 0 aliphatic carbocycles. The maximum Gasteiger partial charge on any atom is 0.337 e. The van der Waals surface area contributed by atoms with Crippen LogP contribution in [0.2, 0.25) is 0 Å². The molecule has 0 aromatic carbocycles. The van der Waals surface area contributed by atoms with Gasteiger partial charge in [0.15, 0.2) is 17.6 Å². The summed E-state index contributed by atoms with van der Waals surface area (Å²) in [5.74, 6) is -2.00. The minimum Gasteiger partial charge on any atom is -0.467 e. The van der Waals surface area contributed by atoms with Crippen molar-refractivity contribution >= 4 is 5.97 Å². The molecule has 1 aromatic rings. The van der Waals surface area contributed by atoms with Crippen LogP contribution in [0.15, 0.2) is 12.3 Å². The number of carbonyl (C=O) groups excluding carboxylic acids is 1. The summed E-state index contributed by atoms with van der Waals surface area (Å²) in [6.07, 6.45) is -2.51. The molecule has 1 aromatic heterocycles. The van der Waals surface area contributed by atoms with Crippen LogP contribution >= 0.6 is 0 Å². The molecule has 17 heavy (non-hydrogen) atoms. The van der Waals surface area contributed by atoms with Crippen LogP contribution in [-0.2, 0) is 9.53 Å². The van der Waals surface area contributed by atoms with E-state index >= 15 is 0 Å². The fourth-order valence-electron chi connectivity index (χ4n) is 1.13. The number of nitrogens with zero attached hydrogens (tertiary/aromatic N) is 2. The van der Waals surface area contributed by atoms with Crippen molar-refractivity contribution in [3.8, 4) is 6.07 Å². The molecule has 0 aliphatic heterocycles. The molecule has 7 heteroatoms. The first-order chi connectivity index (χ1) is 8.01. The van der Waals surface area contributed by atoms with Crippen molar-refractivity contribution in [2.75, 3.05) is 7.11 Å². The average molecular weight is 240 g/mol. The number of aliphatic hydroxyl groups is 2. The van der Waals surface area contributed by atoms with Crippen LogP contribution in [0.1, 0.15) is 17.4 Å². The molecule has 0 saturated heterocycles. The third-order valence-electron chi connectivity index (χ3n) is 2.05. The van der Waals surface area contributed by atoms with E-state index in [1.807, 2.05) is 0 Å². The molecule has 2 N–H and O–H groups in total. The summed E-state index contributed by atoms with van der Waals surface area (Å²) in [5, 5.41) is 27.3. The largest absolute Gasteiger partial charge is 0.467 e. The van der Waals surface area contributed by atoms with E-state index in [0.717, 1.165) is 19.4 Å². The number of rotatable bonds is 3. The highest BCUT2D eigenvalue weighted by atomic mass is 19.1. The molecule has 2 unspecified atom stereocenters. The van der Waals surface area contributed by atoms with E-state index in [1.54, 1.807) is 0 Å². The molecule has 1 rings (SSSR count). The van der Waals surface area contributed by atoms with Gasteiger partial charge in [-0.25, -0.2) is 14.2 Å². The first-order valence-electron chi connectivity index (χ1n) is 4.50. The van der Waals surface area contributed by atoms with E-state index in [9.17, 15) is 19.4 Å². The fraction of sp³-hybridized carbons (Fsp3) is 0.300. The number of methoxy groups -OCH3 is 1. The quantitative estimate of drug-likeness (QED) is 0.700. The Labute approximate surface area is 95.9 Å². The summed E-state index contributed by atoms with van der Waals surface area (Å²) in [7, 11) is 1.04. The van der Waals surface area contributed by atoms with Gasteiger partial charge < -0.3 is 14.9 Å². The van der Waals surface area contributed by atoms with Crippen LogP contribution in [0.25, 0.3) is 0 Å². The van der Waals surface area contributed by atoms with Gasteiger partial charge >= 0.3 is 5.97 Å². The number of aliphatic hydroxyl groups excluding tert-OH is 2. The molecule has 2 atom stereocenters. The summed E-state index contributed by atoms with van der Waals surface area (Å²) in [4.78, 5) is 14.4. The Morgan fingerprint density at radius 2 is 2.29 bits per heavy atom. The van der Waals surface area contributed by atoms with Crippen molar-refractivity contribution in [1.29, 1.82) is 5.26 Å². The summed E-state index contributed by atoms with van der Waals surface area (Å²) in [6.45, 7) is 0.